The molecule has 0 unspecified atom stereocenters. The van der Waals surface area contributed by atoms with E-state index < -0.39 is 10.0 Å². The Morgan fingerprint density at radius 3 is 2.75 bits per heavy atom. The lowest BCUT2D eigenvalue weighted by Gasteiger charge is -2.11. The monoisotopic (exact) mass is 302 g/mol. The second-order valence-corrected chi connectivity index (χ2v) is 6.10. The van der Waals surface area contributed by atoms with Gasteiger partial charge in [-0.3, -0.25) is 0 Å². The molecule has 0 aliphatic carbocycles. The number of sulfonamides is 1. The Morgan fingerprint density at radius 2 is 2.10 bits per heavy atom. The average molecular weight is 302 g/mol. The lowest BCUT2D eigenvalue weighted by atomic mass is 10.4. The summed E-state index contributed by atoms with van der Waals surface area (Å²) in [5, 5.41) is 2.80. The number of aromatic nitrogens is 1. The number of anilines is 1. The molecule has 0 bridgehead atoms. The Kier molecular flexibility index (Phi) is 6.86. The summed E-state index contributed by atoms with van der Waals surface area (Å²) in [5.41, 5.74) is 0.466. The molecule has 0 aliphatic rings. The molecule has 0 radical (unpaired) electrons. The van der Waals surface area contributed by atoms with E-state index >= 15 is 0 Å². The summed E-state index contributed by atoms with van der Waals surface area (Å²) in [4.78, 5) is 5.90. The third-order valence-electron chi connectivity index (χ3n) is 2.52. The van der Waals surface area contributed by atoms with Crippen molar-refractivity contribution in [3.8, 4) is 0 Å². The standard InChI is InChI=1S/C12H22N4O3S/c1-13-11-5-4-6-14-12(11)20(17,18)15-7-9-19-10-8-16(2)3/h4-6,13,15H,7-10H2,1-3H3. The van der Waals surface area contributed by atoms with Gasteiger partial charge >= 0.3 is 0 Å². The minimum absolute atomic E-state index is 0.00390. The van der Waals surface area contributed by atoms with Crippen molar-refractivity contribution in [1.82, 2.24) is 14.6 Å². The van der Waals surface area contributed by atoms with Gasteiger partial charge in [0.2, 0.25) is 0 Å². The van der Waals surface area contributed by atoms with E-state index in [1.807, 2.05) is 19.0 Å². The Labute approximate surface area is 120 Å². The molecule has 1 heterocycles. The Morgan fingerprint density at radius 1 is 1.35 bits per heavy atom. The van der Waals surface area contributed by atoms with Gasteiger partial charge in [-0.05, 0) is 26.2 Å². The van der Waals surface area contributed by atoms with Gasteiger partial charge in [0.1, 0.15) is 0 Å². The van der Waals surface area contributed by atoms with E-state index in [1.54, 1.807) is 19.2 Å². The highest BCUT2D eigenvalue weighted by Gasteiger charge is 2.18. The number of nitrogens with zero attached hydrogens (tertiary/aromatic N) is 2. The third kappa shape index (κ3) is 5.41. The first-order valence-corrected chi connectivity index (χ1v) is 7.80. The van der Waals surface area contributed by atoms with Crippen LogP contribution < -0.4 is 10.0 Å². The number of rotatable bonds is 9. The van der Waals surface area contributed by atoms with E-state index in [9.17, 15) is 8.42 Å². The third-order valence-corrected chi connectivity index (χ3v) is 3.93. The largest absolute Gasteiger partial charge is 0.386 e. The minimum Gasteiger partial charge on any atom is -0.386 e. The van der Waals surface area contributed by atoms with Crippen molar-refractivity contribution in [3.05, 3.63) is 18.3 Å². The molecule has 0 spiro atoms. The second kappa shape index (κ2) is 8.15. The summed E-state index contributed by atoms with van der Waals surface area (Å²) in [6, 6.07) is 3.34. The molecule has 114 valence electrons. The summed E-state index contributed by atoms with van der Waals surface area (Å²) in [6.07, 6.45) is 1.45. The van der Waals surface area contributed by atoms with Gasteiger partial charge in [0.15, 0.2) is 5.03 Å². The van der Waals surface area contributed by atoms with Gasteiger partial charge in [-0.1, -0.05) is 0 Å². The lowest BCUT2D eigenvalue weighted by molar-refractivity contribution is 0.122. The summed E-state index contributed by atoms with van der Waals surface area (Å²) in [6.45, 7) is 1.92. The molecule has 1 aromatic heterocycles. The van der Waals surface area contributed by atoms with Gasteiger partial charge in [0.05, 0.1) is 18.9 Å². The number of likely N-dealkylation sites (N-methyl/N-ethyl adjacent to an activating group) is 1. The van der Waals surface area contributed by atoms with Crippen LogP contribution in [-0.2, 0) is 14.8 Å². The average Bonchev–Trinajstić information content (AvgIpc) is 2.42. The number of ether oxygens (including phenoxy) is 1. The molecule has 0 saturated carbocycles. The van der Waals surface area contributed by atoms with Crippen LogP contribution in [0.3, 0.4) is 0 Å². The van der Waals surface area contributed by atoms with Crippen molar-refractivity contribution in [2.24, 2.45) is 0 Å². The maximum absolute atomic E-state index is 12.1. The SMILES string of the molecule is CNc1cccnc1S(=O)(=O)NCCOCCN(C)C. The lowest BCUT2D eigenvalue weighted by Crippen LogP contribution is -2.29. The molecule has 0 atom stereocenters. The molecular formula is C12H22N4O3S. The molecule has 0 aliphatic heterocycles. The number of pyridine rings is 1. The van der Waals surface area contributed by atoms with Crippen molar-refractivity contribution in [3.63, 3.8) is 0 Å². The second-order valence-electron chi connectivity index (χ2n) is 4.42. The van der Waals surface area contributed by atoms with Gasteiger partial charge in [-0.15, -0.1) is 0 Å². The Bertz CT molecular complexity index is 505. The number of nitrogens with one attached hydrogen (secondary N) is 2. The van der Waals surface area contributed by atoms with Crippen molar-refractivity contribution < 1.29 is 13.2 Å². The maximum atomic E-state index is 12.1. The van der Waals surface area contributed by atoms with E-state index in [0.717, 1.165) is 6.54 Å². The molecule has 1 rings (SSSR count). The normalized spacial score (nSPS) is 11.8. The molecule has 0 saturated heterocycles. The van der Waals surface area contributed by atoms with Gasteiger partial charge in [0, 0.05) is 26.3 Å². The predicted molar refractivity (Wildman–Crippen MR) is 78.3 cm³/mol. The van der Waals surface area contributed by atoms with Crippen molar-refractivity contribution in [1.29, 1.82) is 0 Å². The molecule has 0 fully saturated rings. The molecule has 8 heteroatoms. The fourth-order valence-corrected chi connectivity index (χ4v) is 2.61. The van der Waals surface area contributed by atoms with Gasteiger partial charge in [-0.2, -0.15) is 0 Å². The van der Waals surface area contributed by atoms with Crippen LogP contribution in [0.1, 0.15) is 0 Å². The minimum atomic E-state index is -3.62. The Balaban J connectivity index is 2.46. The Hall–Kier alpha value is -1.22. The van der Waals surface area contributed by atoms with E-state index in [0.29, 0.717) is 18.9 Å². The highest BCUT2D eigenvalue weighted by molar-refractivity contribution is 7.89. The summed E-state index contributed by atoms with van der Waals surface area (Å²) in [7, 11) is 1.93. The smallest absolute Gasteiger partial charge is 0.260 e. The zero-order valence-corrected chi connectivity index (χ0v) is 12.9. The number of hydrogen-bond acceptors (Lipinski definition) is 6. The zero-order valence-electron chi connectivity index (χ0n) is 12.1. The van der Waals surface area contributed by atoms with E-state index in [4.69, 9.17) is 4.74 Å². The molecule has 1 aromatic rings. The summed E-state index contributed by atoms with van der Waals surface area (Å²) in [5.74, 6) is 0. The van der Waals surface area contributed by atoms with Crippen LogP contribution in [0.4, 0.5) is 5.69 Å². The van der Waals surface area contributed by atoms with Crippen LogP contribution in [0.2, 0.25) is 0 Å². The van der Waals surface area contributed by atoms with Gasteiger partial charge in [0.25, 0.3) is 10.0 Å². The molecule has 20 heavy (non-hydrogen) atoms. The fraction of sp³-hybridized carbons (Fsp3) is 0.583. The van der Waals surface area contributed by atoms with Gasteiger partial charge < -0.3 is 15.0 Å². The van der Waals surface area contributed by atoms with Crippen molar-refractivity contribution in [2.75, 3.05) is 52.8 Å². The molecule has 0 amide bonds. The summed E-state index contributed by atoms with van der Waals surface area (Å²) >= 11 is 0. The van der Waals surface area contributed by atoms with Crippen LogP contribution in [0.15, 0.2) is 23.4 Å². The highest BCUT2D eigenvalue weighted by atomic mass is 32.2. The number of hydrogen-bond donors (Lipinski definition) is 2. The van der Waals surface area contributed by atoms with Crippen molar-refractivity contribution >= 4 is 15.7 Å². The fourth-order valence-electron chi connectivity index (χ4n) is 1.46. The maximum Gasteiger partial charge on any atom is 0.260 e. The zero-order chi connectivity index (χ0) is 15.0. The first-order chi connectivity index (χ1) is 9.47. The van der Waals surface area contributed by atoms with Crippen LogP contribution in [0.5, 0.6) is 0 Å². The van der Waals surface area contributed by atoms with Crippen LogP contribution in [0, 0.1) is 0 Å². The topological polar surface area (TPSA) is 83.6 Å². The molecule has 0 aromatic carbocycles. The van der Waals surface area contributed by atoms with Crippen LogP contribution in [0.25, 0.3) is 0 Å². The highest BCUT2D eigenvalue weighted by Crippen LogP contribution is 2.16. The van der Waals surface area contributed by atoms with Crippen LogP contribution in [-0.4, -0.2) is 65.7 Å². The van der Waals surface area contributed by atoms with E-state index in [2.05, 4.69) is 15.0 Å². The molecular weight excluding hydrogens is 280 g/mol. The van der Waals surface area contributed by atoms with Crippen LogP contribution >= 0.6 is 0 Å². The molecule has 2 N–H and O–H groups in total. The van der Waals surface area contributed by atoms with E-state index in [1.165, 1.54) is 6.20 Å². The van der Waals surface area contributed by atoms with Crippen molar-refractivity contribution in [2.45, 2.75) is 5.03 Å². The van der Waals surface area contributed by atoms with E-state index in [-0.39, 0.29) is 11.6 Å². The predicted octanol–water partition coefficient (Wildman–Crippen LogP) is -0.0202. The summed E-state index contributed by atoms with van der Waals surface area (Å²) < 4.78 is 31.9. The molecule has 7 nitrogen and oxygen atoms in total. The first-order valence-electron chi connectivity index (χ1n) is 6.32. The van der Waals surface area contributed by atoms with Gasteiger partial charge in [-0.25, -0.2) is 18.1 Å². The first kappa shape index (κ1) is 16.8. The quantitative estimate of drug-likeness (QED) is 0.624.